The molecule has 31 heavy (non-hydrogen) atoms. The number of anilines is 1. The number of rotatable bonds is 6. The summed E-state index contributed by atoms with van der Waals surface area (Å²) in [6.07, 6.45) is 7.32. The number of amides is 2. The number of nitrogens with zero attached hydrogens (tertiary/aromatic N) is 2. The lowest BCUT2D eigenvalue weighted by Crippen LogP contribution is -2.36. The molecule has 1 saturated carbocycles. The minimum absolute atomic E-state index is 0.0481. The van der Waals surface area contributed by atoms with Gasteiger partial charge in [-0.25, -0.2) is 4.98 Å². The second-order valence-electron chi connectivity index (χ2n) is 8.42. The normalized spacial score (nSPS) is 17.4. The number of pyridine rings is 1. The summed E-state index contributed by atoms with van der Waals surface area (Å²) in [6.45, 7) is 5.22. The van der Waals surface area contributed by atoms with Gasteiger partial charge in [0.05, 0.1) is 23.2 Å². The molecule has 1 aromatic carbocycles. The Labute approximate surface area is 188 Å². The van der Waals surface area contributed by atoms with Crippen molar-refractivity contribution in [2.45, 2.75) is 64.6 Å². The molecule has 1 aliphatic carbocycles. The van der Waals surface area contributed by atoms with Gasteiger partial charge in [0.2, 0.25) is 0 Å². The molecule has 2 heterocycles. The third kappa shape index (κ3) is 4.54. The summed E-state index contributed by atoms with van der Waals surface area (Å²) in [7, 11) is 0. The molecule has 1 unspecified atom stereocenters. The fraction of sp³-hybridized carbons (Fsp3) is 0.458. The van der Waals surface area contributed by atoms with Gasteiger partial charge < -0.3 is 15.5 Å². The van der Waals surface area contributed by atoms with E-state index in [2.05, 4.69) is 15.6 Å². The van der Waals surface area contributed by atoms with Gasteiger partial charge in [0.1, 0.15) is 5.82 Å². The summed E-state index contributed by atoms with van der Waals surface area (Å²) in [5.74, 6) is 0.654. The van der Waals surface area contributed by atoms with Gasteiger partial charge in [-0.3, -0.25) is 9.59 Å². The first-order chi connectivity index (χ1) is 15.0. The molecule has 2 N–H and O–H groups in total. The average molecular weight is 441 g/mol. The van der Waals surface area contributed by atoms with Crippen LogP contribution in [0, 0.1) is 0 Å². The first kappa shape index (κ1) is 21.6. The van der Waals surface area contributed by atoms with Crippen molar-refractivity contribution >= 4 is 29.2 Å². The van der Waals surface area contributed by atoms with Crippen LogP contribution in [0.5, 0.6) is 0 Å². The Morgan fingerprint density at radius 1 is 1.26 bits per heavy atom. The lowest BCUT2D eigenvalue weighted by Gasteiger charge is -2.23. The van der Waals surface area contributed by atoms with E-state index in [-0.39, 0.29) is 23.9 Å². The summed E-state index contributed by atoms with van der Waals surface area (Å²) in [4.78, 5) is 31.4. The molecule has 164 valence electrons. The van der Waals surface area contributed by atoms with Crippen LogP contribution in [0.3, 0.4) is 0 Å². The third-order valence-corrected chi connectivity index (χ3v) is 6.65. The maximum absolute atomic E-state index is 12.7. The summed E-state index contributed by atoms with van der Waals surface area (Å²) >= 11 is 6.48. The van der Waals surface area contributed by atoms with Gasteiger partial charge in [0.15, 0.2) is 0 Å². The maximum atomic E-state index is 12.7. The summed E-state index contributed by atoms with van der Waals surface area (Å²) < 4.78 is 0. The van der Waals surface area contributed by atoms with Gasteiger partial charge in [0.25, 0.3) is 11.8 Å². The van der Waals surface area contributed by atoms with E-state index < -0.39 is 0 Å². The van der Waals surface area contributed by atoms with Gasteiger partial charge in [-0.1, -0.05) is 36.9 Å². The van der Waals surface area contributed by atoms with Crippen molar-refractivity contribution in [3.8, 4) is 0 Å². The van der Waals surface area contributed by atoms with E-state index in [1.165, 1.54) is 19.3 Å². The van der Waals surface area contributed by atoms with Crippen LogP contribution in [-0.2, 0) is 6.54 Å². The van der Waals surface area contributed by atoms with Crippen LogP contribution in [0.2, 0.25) is 5.02 Å². The molecule has 6 nitrogen and oxygen atoms in total. The molecular weight excluding hydrogens is 412 g/mol. The Morgan fingerprint density at radius 2 is 2.03 bits per heavy atom. The lowest BCUT2D eigenvalue weighted by molar-refractivity contribution is 0.0786. The van der Waals surface area contributed by atoms with Gasteiger partial charge >= 0.3 is 0 Å². The van der Waals surface area contributed by atoms with E-state index in [9.17, 15) is 9.59 Å². The van der Waals surface area contributed by atoms with Gasteiger partial charge in [-0.2, -0.15) is 0 Å². The molecule has 2 aliphatic rings. The van der Waals surface area contributed by atoms with Crippen LogP contribution in [0.1, 0.15) is 83.8 Å². The number of halogens is 1. The molecule has 2 aromatic rings. The quantitative estimate of drug-likeness (QED) is 0.666. The Morgan fingerprint density at radius 3 is 2.74 bits per heavy atom. The Hall–Kier alpha value is -2.60. The molecule has 7 heteroatoms. The third-order valence-electron chi connectivity index (χ3n) is 6.34. The SMILES string of the molecule is CCN1Cc2c(ccnc2NC(C)c2ccc(C(=O)NC3CCCCC3)c(Cl)c2)C1=O. The van der Waals surface area contributed by atoms with Crippen LogP contribution in [0.25, 0.3) is 0 Å². The monoisotopic (exact) mass is 440 g/mol. The first-order valence-corrected chi connectivity index (χ1v) is 11.5. The zero-order chi connectivity index (χ0) is 22.0. The minimum atomic E-state index is -0.107. The molecule has 1 atom stereocenters. The summed E-state index contributed by atoms with van der Waals surface area (Å²) in [5, 5.41) is 6.98. The number of hydrogen-bond acceptors (Lipinski definition) is 4. The standard InChI is InChI=1S/C24H29ClN4O2/c1-3-29-14-20-18(24(29)31)11-12-26-22(20)27-15(2)16-9-10-19(21(25)13-16)23(30)28-17-7-5-4-6-8-17/h9-13,15,17H,3-8,14H2,1-2H3,(H,26,27)(H,28,30). The van der Waals surface area contributed by atoms with Crippen molar-refractivity contribution in [3.05, 3.63) is 57.7 Å². The van der Waals surface area contributed by atoms with E-state index in [1.54, 1.807) is 23.2 Å². The second-order valence-corrected chi connectivity index (χ2v) is 8.83. The highest BCUT2D eigenvalue weighted by atomic mass is 35.5. The molecule has 2 amide bonds. The number of nitrogens with one attached hydrogen (secondary N) is 2. The maximum Gasteiger partial charge on any atom is 0.254 e. The molecule has 0 saturated heterocycles. The number of aromatic nitrogens is 1. The summed E-state index contributed by atoms with van der Waals surface area (Å²) in [5.41, 5.74) is 3.09. The number of carbonyl (C=O) groups is 2. The number of hydrogen-bond donors (Lipinski definition) is 2. The van der Waals surface area contributed by atoms with Crippen LogP contribution < -0.4 is 10.6 Å². The van der Waals surface area contributed by atoms with Crippen LogP contribution >= 0.6 is 11.6 Å². The molecule has 0 spiro atoms. The van der Waals surface area contributed by atoms with Crippen molar-refractivity contribution in [2.75, 3.05) is 11.9 Å². The van der Waals surface area contributed by atoms with E-state index in [4.69, 9.17) is 11.6 Å². The highest BCUT2D eigenvalue weighted by Crippen LogP contribution is 2.31. The molecule has 1 fully saturated rings. The molecule has 1 aliphatic heterocycles. The largest absolute Gasteiger partial charge is 0.363 e. The van der Waals surface area contributed by atoms with E-state index in [0.29, 0.717) is 35.1 Å². The van der Waals surface area contributed by atoms with Crippen molar-refractivity contribution in [2.24, 2.45) is 0 Å². The van der Waals surface area contributed by atoms with Crippen molar-refractivity contribution in [3.63, 3.8) is 0 Å². The highest BCUT2D eigenvalue weighted by Gasteiger charge is 2.29. The molecule has 1 aromatic heterocycles. The molecule has 0 radical (unpaired) electrons. The average Bonchev–Trinajstić information content (AvgIpc) is 3.11. The van der Waals surface area contributed by atoms with Gasteiger partial charge in [0, 0.05) is 29.9 Å². The van der Waals surface area contributed by atoms with Crippen LogP contribution in [-0.4, -0.2) is 34.3 Å². The molecular formula is C24H29ClN4O2. The number of carbonyl (C=O) groups excluding carboxylic acids is 2. The van der Waals surface area contributed by atoms with Crippen molar-refractivity contribution in [1.29, 1.82) is 0 Å². The van der Waals surface area contributed by atoms with E-state index >= 15 is 0 Å². The smallest absolute Gasteiger partial charge is 0.254 e. The van der Waals surface area contributed by atoms with Crippen LogP contribution in [0.15, 0.2) is 30.5 Å². The van der Waals surface area contributed by atoms with E-state index in [0.717, 1.165) is 24.0 Å². The van der Waals surface area contributed by atoms with Crippen molar-refractivity contribution < 1.29 is 9.59 Å². The highest BCUT2D eigenvalue weighted by molar-refractivity contribution is 6.33. The topological polar surface area (TPSA) is 74.3 Å². The number of fused-ring (bicyclic) bond motifs is 1. The van der Waals surface area contributed by atoms with E-state index in [1.807, 2.05) is 26.0 Å². The Bertz CT molecular complexity index is 988. The fourth-order valence-electron chi connectivity index (χ4n) is 4.45. The molecule has 4 rings (SSSR count). The van der Waals surface area contributed by atoms with Gasteiger partial charge in [-0.15, -0.1) is 0 Å². The Balaban J connectivity index is 1.47. The lowest BCUT2D eigenvalue weighted by atomic mass is 9.95. The molecule has 0 bridgehead atoms. The van der Waals surface area contributed by atoms with Gasteiger partial charge in [-0.05, 0) is 50.5 Å². The van der Waals surface area contributed by atoms with Crippen LogP contribution in [0.4, 0.5) is 5.82 Å². The zero-order valence-corrected chi connectivity index (χ0v) is 18.8. The predicted molar refractivity (Wildman–Crippen MR) is 122 cm³/mol. The Kier molecular flexibility index (Phi) is 6.46. The first-order valence-electron chi connectivity index (χ1n) is 11.1. The van der Waals surface area contributed by atoms with Crippen molar-refractivity contribution in [1.82, 2.24) is 15.2 Å². The predicted octanol–water partition coefficient (Wildman–Crippen LogP) is 4.95. The fourth-order valence-corrected chi connectivity index (χ4v) is 4.72. The number of benzene rings is 1. The zero-order valence-electron chi connectivity index (χ0n) is 18.1. The minimum Gasteiger partial charge on any atom is -0.363 e. The summed E-state index contributed by atoms with van der Waals surface area (Å²) in [6, 6.07) is 7.49. The second kappa shape index (κ2) is 9.27.